The van der Waals surface area contributed by atoms with Gasteiger partial charge in [0.15, 0.2) is 9.84 Å². The molecule has 0 radical (unpaired) electrons. The summed E-state index contributed by atoms with van der Waals surface area (Å²) < 4.78 is 29.5. The number of ether oxygens (including phenoxy) is 1. The fraction of sp³-hybridized carbons (Fsp3) is 0.318. The molecule has 0 fully saturated rings. The predicted octanol–water partition coefficient (Wildman–Crippen LogP) is 4.10. The van der Waals surface area contributed by atoms with Gasteiger partial charge in [0.2, 0.25) is 5.91 Å². The van der Waals surface area contributed by atoms with Crippen LogP contribution in [0.15, 0.2) is 66.1 Å². The van der Waals surface area contributed by atoms with Gasteiger partial charge in [-0.1, -0.05) is 43.7 Å². The van der Waals surface area contributed by atoms with Crippen molar-refractivity contribution < 1.29 is 17.9 Å². The maximum absolute atomic E-state index is 12.8. The van der Waals surface area contributed by atoms with Crippen molar-refractivity contribution in [3.05, 3.63) is 71.6 Å². The molecule has 28 heavy (non-hydrogen) atoms. The van der Waals surface area contributed by atoms with Crippen molar-refractivity contribution in [3.8, 4) is 5.75 Å². The molecule has 1 aliphatic heterocycles. The number of carbonyl (C=O) groups is 1. The van der Waals surface area contributed by atoms with E-state index in [9.17, 15) is 13.2 Å². The number of sulfone groups is 1. The van der Waals surface area contributed by atoms with Gasteiger partial charge in [-0.3, -0.25) is 4.79 Å². The lowest BCUT2D eigenvalue weighted by Crippen LogP contribution is -2.41. The first-order chi connectivity index (χ1) is 13.5. The van der Waals surface area contributed by atoms with Gasteiger partial charge >= 0.3 is 0 Å². The molecule has 6 heteroatoms. The van der Waals surface area contributed by atoms with Crippen molar-refractivity contribution in [2.45, 2.75) is 38.8 Å². The molecule has 0 bridgehead atoms. The number of carbonyl (C=O) groups excluding carboxylic acids is 1. The number of amides is 1. The van der Waals surface area contributed by atoms with Crippen LogP contribution in [0.4, 0.5) is 5.69 Å². The van der Waals surface area contributed by atoms with Crippen LogP contribution in [-0.2, 0) is 21.2 Å². The van der Waals surface area contributed by atoms with Crippen LogP contribution in [-0.4, -0.2) is 26.1 Å². The summed E-state index contributed by atoms with van der Waals surface area (Å²) in [6.07, 6.45) is 3.67. The first kappa shape index (κ1) is 20.1. The Balaban J connectivity index is 1.74. The molecule has 0 spiro atoms. The van der Waals surface area contributed by atoms with Crippen molar-refractivity contribution in [2.75, 3.05) is 10.7 Å². The Morgan fingerprint density at radius 3 is 2.43 bits per heavy atom. The van der Waals surface area contributed by atoms with Crippen LogP contribution in [0, 0.1) is 0 Å². The Morgan fingerprint density at radius 1 is 1.11 bits per heavy atom. The van der Waals surface area contributed by atoms with Crippen molar-refractivity contribution in [2.24, 2.45) is 0 Å². The molecule has 1 aliphatic rings. The highest BCUT2D eigenvalue weighted by atomic mass is 32.2. The molecule has 5 nitrogen and oxygen atoms in total. The summed E-state index contributed by atoms with van der Waals surface area (Å²) in [4.78, 5) is 14.4. The van der Waals surface area contributed by atoms with Crippen LogP contribution in [0.5, 0.6) is 5.75 Å². The van der Waals surface area contributed by atoms with E-state index < -0.39 is 15.9 Å². The fourth-order valence-corrected chi connectivity index (χ4v) is 4.40. The average molecular weight is 400 g/mol. The molecule has 0 saturated carbocycles. The Morgan fingerprint density at radius 2 is 1.82 bits per heavy atom. The summed E-state index contributed by atoms with van der Waals surface area (Å²) in [5, 5.41) is 1.20. The SMILES string of the molecule is CCCCC(=O)N(c1ccc(OCc2ccccc2)cc1)C1C=CS(=O)(=O)C1. The number of anilines is 1. The third-order valence-electron chi connectivity index (χ3n) is 4.62. The van der Waals surface area contributed by atoms with Crippen LogP contribution >= 0.6 is 0 Å². The molecule has 3 rings (SSSR count). The highest BCUT2D eigenvalue weighted by Gasteiger charge is 2.31. The minimum Gasteiger partial charge on any atom is -0.489 e. The van der Waals surface area contributed by atoms with E-state index in [2.05, 4.69) is 0 Å². The van der Waals surface area contributed by atoms with E-state index >= 15 is 0 Å². The molecule has 0 N–H and O–H groups in total. The fourth-order valence-electron chi connectivity index (χ4n) is 3.13. The average Bonchev–Trinajstić information content (AvgIpc) is 3.06. The van der Waals surface area contributed by atoms with E-state index in [1.165, 1.54) is 5.41 Å². The summed E-state index contributed by atoms with van der Waals surface area (Å²) in [5.41, 5.74) is 1.75. The number of unbranched alkanes of at least 4 members (excludes halogenated alkanes) is 1. The molecule has 0 aromatic heterocycles. The third-order valence-corrected chi connectivity index (χ3v) is 6.00. The summed E-state index contributed by atoms with van der Waals surface area (Å²) in [6, 6.07) is 16.6. The number of hydrogen-bond acceptors (Lipinski definition) is 4. The first-order valence-corrected chi connectivity index (χ1v) is 11.2. The minimum absolute atomic E-state index is 0.0634. The Labute approximate surface area is 166 Å². The lowest BCUT2D eigenvalue weighted by atomic mass is 10.1. The zero-order valence-electron chi connectivity index (χ0n) is 16.0. The second-order valence-electron chi connectivity index (χ2n) is 6.86. The molecule has 1 unspecified atom stereocenters. The van der Waals surface area contributed by atoms with E-state index in [1.807, 2.05) is 61.5 Å². The monoisotopic (exact) mass is 399 g/mol. The van der Waals surface area contributed by atoms with Gasteiger partial charge in [0, 0.05) is 17.5 Å². The van der Waals surface area contributed by atoms with E-state index in [-0.39, 0.29) is 11.7 Å². The molecular weight excluding hydrogens is 374 g/mol. The van der Waals surface area contributed by atoms with E-state index in [0.29, 0.717) is 24.5 Å². The summed E-state index contributed by atoms with van der Waals surface area (Å²) in [5.74, 6) is 0.562. The Bertz CT molecular complexity index is 921. The predicted molar refractivity (Wildman–Crippen MR) is 111 cm³/mol. The first-order valence-electron chi connectivity index (χ1n) is 9.48. The quantitative estimate of drug-likeness (QED) is 0.670. The number of nitrogens with zero attached hydrogens (tertiary/aromatic N) is 1. The Hall–Kier alpha value is -2.60. The van der Waals surface area contributed by atoms with Crippen molar-refractivity contribution >= 4 is 21.4 Å². The molecule has 2 aromatic carbocycles. The molecule has 1 amide bonds. The number of rotatable bonds is 8. The highest BCUT2D eigenvalue weighted by molar-refractivity contribution is 7.94. The molecular formula is C22H25NO4S. The largest absolute Gasteiger partial charge is 0.489 e. The van der Waals surface area contributed by atoms with Crippen LogP contribution < -0.4 is 9.64 Å². The molecule has 1 heterocycles. The number of benzene rings is 2. The molecule has 2 aromatic rings. The smallest absolute Gasteiger partial charge is 0.227 e. The summed E-state index contributed by atoms with van der Waals surface area (Å²) in [6.45, 7) is 2.49. The van der Waals surface area contributed by atoms with Crippen molar-refractivity contribution in [1.29, 1.82) is 0 Å². The third kappa shape index (κ3) is 5.23. The lowest BCUT2D eigenvalue weighted by Gasteiger charge is -2.28. The van der Waals surface area contributed by atoms with Gasteiger partial charge in [-0.25, -0.2) is 8.42 Å². The van der Waals surface area contributed by atoms with E-state index in [1.54, 1.807) is 11.0 Å². The normalized spacial score (nSPS) is 17.4. The van der Waals surface area contributed by atoms with Crippen molar-refractivity contribution in [3.63, 3.8) is 0 Å². The van der Waals surface area contributed by atoms with Crippen LogP contribution in [0.3, 0.4) is 0 Å². The second kappa shape index (κ2) is 9.06. The van der Waals surface area contributed by atoms with Gasteiger partial charge in [-0.2, -0.15) is 0 Å². The van der Waals surface area contributed by atoms with E-state index in [4.69, 9.17) is 4.74 Å². The molecule has 1 atom stereocenters. The summed E-state index contributed by atoms with van der Waals surface area (Å²) >= 11 is 0. The van der Waals surface area contributed by atoms with Gasteiger partial charge in [-0.05, 0) is 42.3 Å². The maximum atomic E-state index is 12.8. The minimum atomic E-state index is -3.25. The van der Waals surface area contributed by atoms with Gasteiger partial charge < -0.3 is 9.64 Å². The second-order valence-corrected chi connectivity index (χ2v) is 8.79. The van der Waals surface area contributed by atoms with Crippen LogP contribution in [0.1, 0.15) is 31.7 Å². The van der Waals surface area contributed by atoms with Gasteiger partial charge in [0.05, 0.1) is 11.8 Å². The van der Waals surface area contributed by atoms with E-state index in [0.717, 1.165) is 18.4 Å². The van der Waals surface area contributed by atoms with Gasteiger partial charge in [0.1, 0.15) is 12.4 Å². The Kier molecular flexibility index (Phi) is 6.52. The van der Waals surface area contributed by atoms with Crippen LogP contribution in [0.25, 0.3) is 0 Å². The number of hydrogen-bond donors (Lipinski definition) is 0. The zero-order chi connectivity index (χ0) is 20.0. The lowest BCUT2D eigenvalue weighted by molar-refractivity contribution is -0.118. The van der Waals surface area contributed by atoms with Crippen LogP contribution in [0.2, 0.25) is 0 Å². The summed E-state index contributed by atoms with van der Waals surface area (Å²) in [7, 11) is -3.25. The standard InChI is InChI=1S/C22H25NO4S/c1-2-3-9-22(24)23(20-14-15-28(25,26)17-20)19-10-12-21(13-11-19)27-16-18-7-5-4-6-8-18/h4-8,10-15,20H,2-3,9,16-17H2,1H3. The molecule has 0 saturated heterocycles. The topological polar surface area (TPSA) is 63.7 Å². The highest BCUT2D eigenvalue weighted by Crippen LogP contribution is 2.26. The van der Waals surface area contributed by atoms with Crippen molar-refractivity contribution in [1.82, 2.24) is 0 Å². The maximum Gasteiger partial charge on any atom is 0.227 e. The zero-order valence-corrected chi connectivity index (χ0v) is 16.8. The van der Waals surface area contributed by atoms with Gasteiger partial charge in [-0.15, -0.1) is 0 Å². The molecule has 0 aliphatic carbocycles. The van der Waals surface area contributed by atoms with Gasteiger partial charge in [0.25, 0.3) is 0 Å². The molecule has 148 valence electrons.